The Balaban J connectivity index is 1.72. The fourth-order valence-electron chi connectivity index (χ4n) is 2.59. The van der Waals surface area contributed by atoms with E-state index in [1.807, 2.05) is 0 Å². The topological polar surface area (TPSA) is 54.2 Å². The molecule has 1 aromatic rings. The van der Waals surface area contributed by atoms with E-state index in [9.17, 15) is 0 Å². The maximum absolute atomic E-state index is 5.38. The van der Waals surface area contributed by atoms with E-state index >= 15 is 0 Å². The van der Waals surface area contributed by atoms with E-state index < -0.39 is 0 Å². The smallest absolute Gasteiger partial charge is 0.231 e. The average molecular weight is 222 g/mol. The van der Waals surface area contributed by atoms with Gasteiger partial charge in [0.15, 0.2) is 5.82 Å². The van der Waals surface area contributed by atoms with Gasteiger partial charge in [-0.3, -0.25) is 0 Å². The first-order valence-electron chi connectivity index (χ1n) is 6.05. The highest BCUT2D eigenvalue weighted by atomic mass is 16.5. The quantitative estimate of drug-likeness (QED) is 0.792. The van der Waals surface area contributed by atoms with Crippen molar-refractivity contribution in [3.63, 3.8) is 0 Å². The number of likely N-dealkylation sites (tertiary alicyclic amines) is 1. The van der Waals surface area contributed by atoms with Crippen LogP contribution in [0.5, 0.6) is 0 Å². The van der Waals surface area contributed by atoms with Gasteiger partial charge < -0.3 is 14.7 Å². The van der Waals surface area contributed by atoms with Crippen LogP contribution >= 0.6 is 0 Å². The molecule has 2 saturated heterocycles. The van der Waals surface area contributed by atoms with Crippen LogP contribution in [0.3, 0.4) is 0 Å². The second-order valence-corrected chi connectivity index (χ2v) is 4.93. The standard InChI is InChI=1S/C11H18N4O/c1-15-5-3-9(7-15)10-13-11(16-14-10)8-2-4-12-6-8/h8-9,12H,2-7H2,1H3. The molecule has 16 heavy (non-hydrogen) atoms. The highest BCUT2D eigenvalue weighted by molar-refractivity contribution is 5.04. The fraction of sp³-hybridized carbons (Fsp3) is 0.818. The van der Waals surface area contributed by atoms with Crippen LogP contribution in [-0.4, -0.2) is 48.3 Å². The Morgan fingerprint density at radius 1 is 1.38 bits per heavy atom. The van der Waals surface area contributed by atoms with Crippen LogP contribution in [-0.2, 0) is 0 Å². The molecule has 0 saturated carbocycles. The normalized spacial score (nSPS) is 31.3. The van der Waals surface area contributed by atoms with Crippen LogP contribution < -0.4 is 5.32 Å². The van der Waals surface area contributed by atoms with Crippen molar-refractivity contribution in [2.24, 2.45) is 0 Å². The van der Waals surface area contributed by atoms with Gasteiger partial charge >= 0.3 is 0 Å². The maximum Gasteiger partial charge on any atom is 0.231 e. The third-order valence-corrected chi connectivity index (χ3v) is 3.62. The monoisotopic (exact) mass is 222 g/mol. The Hall–Kier alpha value is -0.940. The number of hydrogen-bond donors (Lipinski definition) is 1. The first-order valence-corrected chi connectivity index (χ1v) is 6.05. The van der Waals surface area contributed by atoms with Crippen LogP contribution in [0, 0.1) is 0 Å². The molecule has 2 aliphatic rings. The summed E-state index contributed by atoms with van der Waals surface area (Å²) in [6.07, 6.45) is 2.27. The average Bonchev–Trinajstić information content (AvgIpc) is 2.97. The van der Waals surface area contributed by atoms with E-state index in [0.29, 0.717) is 11.8 Å². The summed E-state index contributed by atoms with van der Waals surface area (Å²) in [5.41, 5.74) is 0. The molecule has 0 bridgehead atoms. The molecule has 0 spiro atoms. The zero-order chi connectivity index (χ0) is 11.0. The lowest BCUT2D eigenvalue weighted by Gasteiger charge is -2.05. The van der Waals surface area contributed by atoms with E-state index in [4.69, 9.17) is 4.52 Å². The highest BCUT2D eigenvalue weighted by Crippen LogP contribution is 2.26. The van der Waals surface area contributed by atoms with E-state index in [0.717, 1.165) is 50.7 Å². The van der Waals surface area contributed by atoms with E-state index in [1.165, 1.54) is 0 Å². The predicted molar refractivity (Wildman–Crippen MR) is 59.4 cm³/mol. The Kier molecular flexibility index (Phi) is 2.65. The van der Waals surface area contributed by atoms with Crippen molar-refractivity contribution in [3.8, 4) is 0 Å². The SMILES string of the molecule is CN1CCC(c2noc(C3CCNC3)n2)C1. The molecule has 3 rings (SSSR count). The molecule has 0 amide bonds. The van der Waals surface area contributed by atoms with Crippen LogP contribution in [0.2, 0.25) is 0 Å². The minimum Gasteiger partial charge on any atom is -0.339 e. The number of nitrogens with one attached hydrogen (secondary N) is 1. The van der Waals surface area contributed by atoms with Gasteiger partial charge in [-0.1, -0.05) is 5.16 Å². The van der Waals surface area contributed by atoms with Crippen LogP contribution in [0.15, 0.2) is 4.52 Å². The first kappa shape index (κ1) is 10.2. The molecule has 5 nitrogen and oxygen atoms in total. The molecule has 3 heterocycles. The summed E-state index contributed by atoms with van der Waals surface area (Å²) in [6, 6.07) is 0. The number of nitrogens with zero attached hydrogens (tertiary/aromatic N) is 3. The molecule has 88 valence electrons. The number of hydrogen-bond acceptors (Lipinski definition) is 5. The summed E-state index contributed by atoms with van der Waals surface area (Å²) >= 11 is 0. The lowest BCUT2D eigenvalue weighted by Crippen LogP contribution is -2.13. The van der Waals surface area contributed by atoms with Gasteiger partial charge in [-0.15, -0.1) is 0 Å². The van der Waals surface area contributed by atoms with Crippen molar-refractivity contribution in [3.05, 3.63) is 11.7 Å². The minimum atomic E-state index is 0.431. The predicted octanol–water partition coefficient (Wildman–Crippen LogP) is 0.566. The Labute approximate surface area is 95.2 Å². The van der Waals surface area contributed by atoms with Gasteiger partial charge in [-0.25, -0.2) is 0 Å². The maximum atomic E-state index is 5.38. The third kappa shape index (κ3) is 1.85. The zero-order valence-corrected chi connectivity index (χ0v) is 9.65. The van der Waals surface area contributed by atoms with Crippen molar-refractivity contribution in [2.75, 3.05) is 33.2 Å². The summed E-state index contributed by atoms with van der Waals surface area (Å²) in [4.78, 5) is 6.88. The number of likely N-dealkylation sites (N-methyl/N-ethyl adjacent to an activating group) is 1. The van der Waals surface area contributed by atoms with Gasteiger partial charge in [0, 0.05) is 19.0 Å². The second-order valence-electron chi connectivity index (χ2n) is 4.93. The van der Waals surface area contributed by atoms with Crippen LogP contribution in [0.1, 0.15) is 36.4 Å². The molecule has 2 atom stereocenters. The Morgan fingerprint density at radius 2 is 2.31 bits per heavy atom. The number of rotatable bonds is 2. The van der Waals surface area contributed by atoms with E-state index in [2.05, 4.69) is 27.4 Å². The summed E-state index contributed by atoms with van der Waals surface area (Å²) in [5, 5.41) is 7.46. The third-order valence-electron chi connectivity index (χ3n) is 3.62. The molecule has 1 N–H and O–H groups in total. The molecular weight excluding hydrogens is 204 g/mol. The van der Waals surface area contributed by atoms with Gasteiger partial charge in [0.25, 0.3) is 0 Å². The summed E-state index contributed by atoms with van der Waals surface area (Å²) in [5.74, 6) is 2.64. The van der Waals surface area contributed by atoms with Crippen LogP contribution in [0.4, 0.5) is 0 Å². The minimum absolute atomic E-state index is 0.431. The lowest BCUT2D eigenvalue weighted by atomic mass is 10.1. The van der Waals surface area contributed by atoms with Crippen molar-refractivity contribution >= 4 is 0 Å². The van der Waals surface area contributed by atoms with Crippen LogP contribution in [0.25, 0.3) is 0 Å². The van der Waals surface area contributed by atoms with Crippen molar-refractivity contribution < 1.29 is 4.52 Å². The van der Waals surface area contributed by atoms with Gasteiger partial charge in [-0.05, 0) is 33.0 Å². The largest absolute Gasteiger partial charge is 0.339 e. The fourth-order valence-corrected chi connectivity index (χ4v) is 2.59. The Morgan fingerprint density at radius 3 is 3.00 bits per heavy atom. The molecule has 0 aromatic carbocycles. The molecule has 1 aromatic heterocycles. The first-order chi connectivity index (χ1) is 7.83. The van der Waals surface area contributed by atoms with Gasteiger partial charge in [0.1, 0.15) is 0 Å². The molecule has 0 aliphatic carbocycles. The number of aromatic nitrogens is 2. The zero-order valence-electron chi connectivity index (χ0n) is 9.65. The second kappa shape index (κ2) is 4.14. The summed E-state index contributed by atoms with van der Waals surface area (Å²) < 4.78 is 5.38. The molecule has 2 aliphatic heterocycles. The lowest BCUT2D eigenvalue weighted by molar-refractivity contribution is 0.350. The molecule has 5 heteroatoms. The molecule has 2 fully saturated rings. The van der Waals surface area contributed by atoms with Crippen molar-refractivity contribution in [1.29, 1.82) is 0 Å². The van der Waals surface area contributed by atoms with Crippen molar-refractivity contribution in [1.82, 2.24) is 20.4 Å². The molecule has 2 unspecified atom stereocenters. The van der Waals surface area contributed by atoms with Gasteiger partial charge in [0.2, 0.25) is 5.89 Å². The highest BCUT2D eigenvalue weighted by Gasteiger charge is 2.28. The molecular formula is C11H18N4O. The van der Waals surface area contributed by atoms with Crippen molar-refractivity contribution in [2.45, 2.75) is 24.7 Å². The summed E-state index contributed by atoms with van der Waals surface area (Å²) in [6.45, 7) is 4.24. The van der Waals surface area contributed by atoms with Gasteiger partial charge in [0.05, 0.1) is 5.92 Å². The van der Waals surface area contributed by atoms with Gasteiger partial charge in [-0.2, -0.15) is 4.98 Å². The summed E-state index contributed by atoms with van der Waals surface area (Å²) in [7, 11) is 2.14. The Bertz CT molecular complexity index is 359. The van der Waals surface area contributed by atoms with E-state index in [1.54, 1.807) is 0 Å². The molecule has 0 radical (unpaired) electrons. The van der Waals surface area contributed by atoms with E-state index in [-0.39, 0.29) is 0 Å².